The van der Waals surface area contributed by atoms with Gasteiger partial charge in [0.2, 0.25) is 0 Å². The van der Waals surface area contributed by atoms with Crippen LogP contribution in [-0.4, -0.2) is 6.04 Å². The van der Waals surface area contributed by atoms with Gasteiger partial charge in [-0.25, -0.2) is 0 Å². The first kappa shape index (κ1) is 15.5. The van der Waals surface area contributed by atoms with Crippen molar-refractivity contribution in [2.45, 2.75) is 67.3 Å². The Morgan fingerprint density at radius 3 is 2.00 bits per heavy atom. The maximum absolute atomic E-state index is 4.13. The standard InChI is InChI=1S/C15H31N/c1-11(2)9-12(3)14(5)16-13(4)10-15(6,7)8/h11-12,14,16H,4,9-10H2,1-3,5-8H3/t12?,14-/m0/s1. The van der Waals surface area contributed by atoms with Gasteiger partial charge in [0.05, 0.1) is 0 Å². The van der Waals surface area contributed by atoms with Crippen molar-refractivity contribution in [2.75, 3.05) is 0 Å². The van der Waals surface area contributed by atoms with Crippen molar-refractivity contribution in [1.29, 1.82) is 0 Å². The lowest BCUT2D eigenvalue weighted by molar-refractivity contribution is 0.336. The van der Waals surface area contributed by atoms with E-state index >= 15 is 0 Å². The summed E-state index contributed by atoms with van der Waals surface area (Å²) >= 11 is 0. The van der Waals surface area contributed by atoms with Gasteiger partial charge in [0.15, 0.2) is 0 Å². The van der Waals surface area contributed by atoms with Crippen LogP contribution in [0.3, 0.4) is 0 Å². The number of rotatable bonds is 6. The summed E-state index contributed by atoms with van der Waals surface area (Å²) < 4.78 is 0. The van der Waals surface area contributed by atoms with E-state index in [1.165, 1.54) is 12.1 Å². The summed E-state index contributed by atoms with van der Waals surface area (Å²) in [6.07, 6.45) is 2.32. The molecule has 1 unspecified atom stereocenters. The van der Waals surface area contributed by atoms with Gasteiger partial charge in [-0.05, 0) is 37.0 Å². The number of allylic oxidation sites excluding steroid dienone is 1. The SMILES string of the molecule is C=C(CC(C)(C)C)N[C@@H](C)C(C)CC(C)C. The molecule has 0 amide bonds. The average molecular weight is 225 g/mol. The summed E-state index contributed by atoms with van der Waals surface area (Å²) in [5, 5.41) is 3.55. The van der Waals surface area contributed by atoms with Gasteiger partial charge in [-0.1, -0.05) is 48.1 Å². The summed E-state index contributed by atoms with van der Waals surface area (Å²) in [5.41, 5.74) is 1.50. The molecule has 0 bridgehead atoms. The minimum absolute atomic E-state index is 0.324. The maximum Gasteiger partial charge on any atom is 0.0255 e. The zero-order chi connectivity index (χ0) is 12.9. The van der Waals surface area contributed by atoms with E-state index in [2.05, 4.69) is 60.4 Å². The molecule has 0 aromatic rings. The van der Waals surface area contributed by atoms with Gasteiger partial charge in [0, 0.05) is 11.7 Å². The summed E-state index contributed by atoms with van der Waals surface area (Å²) in [6, 6.07) is 0.525. The van der Waals surface area contributed by atoms with Crippen LogP contribution in [-0.2, 0) is 0 Å². The molecule has 0 aromatic carbocycles. The van der Waals surface area contributed by atoms with Gasteiger partial charge in [-0.2, -0.15) is 0 Å². The molecular formula is C15H31N. The van der Waals surface area contributed by atoms with Gasteiger partial charge < -0.3 is 5.32 Å². The Hall–Kier alpha value is -0.460. The molecule has 0 radical (unpaired) electrons. The smallest absolute Gasteiger partial charge is 0.0255 e. The van der Waals surface area contributed by atoms with Crippen molar-refractivity contribution in [3.8, 4) is 0 Å². The van der Waals surface area contributed by atoms with Crippen LogP contribution in [0.5, 0.6) is 0 Å². The normalized spacial score (nSPS) is 16.0. The fourth-order valence-electron chi connectivity index (χ4n) is 2.10. The zero-order valence-corrected chi connectivity index (χ0v) is 12.4. The Balaban J connectivity index is 4.04. The lowest BCUT2D eigenvalue weighted by Gasteiger charge is -2.27. The third-order valence-electron chi connectivity index (χ3n) is 2.87. The van der Waals surface area contributed by atoms with Crippen LogP contribution in [0.2, 0.25) is 0 Å². The molecular weight excluding hydrogens is 194 g/mol. The van der Waals surface area contributed by atoms with Gasteiger partial charge in [-0.3, -0.25) is 0 Å². The summed E-state index contributed by atoms with van der Waals surface area (Å²) in [4.78, 5) is 0. The van der Waals surface area contributed by atoms with E-state index in [1.54, 1.807) is 0 Å². The molecule has 0 heterocycles. The van der Waals surface area contributed by atoms with E-state index in [4.69, 9.17) is 0 Å². The van der Waals surface area contributed by atoms with E-state index in [-0.39, 0.29) is 0 Å². The van der Waals surface area contributed by atoms with E-state index in [9.17, 15) is 0 Å². The molecule has 2 atom stereocenters. The Labute approximate surface area is 103 Å². The molecule has 0 aliphatic heterocycles. The Morgan fingerprint density at radius 1 is 1.12 bits per heavy atom. The van der Waals surface area contributed by atoms with Crippen molar-refractivity contribution < 1.29 is 0 Å². The van der Waals surface area contributed by atoms with Crippen LogP contribution in [0.1, 0.15) is 61.3 Å². The van der Waals surface area contributed by atoms with Crippen LogP contribution in [0.25, 0.3) is 0 Å². The third kappa shape index (κ3) is 7.78. The number of nitrogens with one attached hydrogen (secondary N) is 1. The first-order valence-electron chi connectivity index (χ1n) is 6.56. The van der Waals surface area contributed by atoms with Crippen molar-refractivity contribution in [1.82, 2.24) is 5.32 Å². The van der Waals surface area contributed by atoms with E-state index < -0.39 is 0 Å². The molecule has 96 valence electrons. The van der Waals surface area contributed by atoms with E-state index in [0.29, 0.717) is 17.4 Å². The first-order chi connectivity index (χ1) is 7.11. The lowest BCUT2D eigenvalue weighted by atomic mass is 9.89. The molecule has 0 aliphatic rings. The lowest BCUT2D eigenvalue weighted by Crippen LogP contribution is -2.33. The summed E-state index contributed by atoms with van der Waals surface area (Å²) in [7, 11) is 0. The van der Waals surface area contributed by atoms with Gasteiger partial charge in [-0.15, -0.1) is 0 Å². The number of hydrogen-bond donors (Lipinski definition) is 1. The predicted octanol–water partition coefficient (Wildman–Crippen LogP) is 4.60. The topological polar surface area (TPSA) is 12.0 Å². The molecule has 0 rings (SSSR count). The second-order valence-corrected chi connectivity index (χ2v) is 6.88. The minimum Gasteiger partial charge on any atom is -0.386 e. The Morgan fingerprint density at radius 2 is 1.62 bits per heavy atom. The third-order valence-corrected chi connectivity index (χ3v) is 2.87. The van der Waals surface area contributed by atoms with Crippen LogP contribution in [0.15, 0.2) is 12.3 Å². The Kier molecular flexibility index (Phi) is 6.14. The Bertz CT molecular complexity index is 210. The molecule has 0 spiro atoms. The first-order valence-corrected chi connectivity index (χ1v) is 6.56. The van der Waals surface area contributed by atoms with Crippen LogP contribution < -0.4 is 5.32 Å². The zero-order valence-electron chi connectivity index (χ0n) is 12.4. The molecule has 1 nitrogen and oxygen atoms in total. The van der Waals surface area contributed by atoms with Gasteiger partial charge in [0.25, 0.3) is 0 Å². The fourth-order valence-corrected chi connectivity index (χ4v) is 2.10. The van der Waals surface area contributed by atoms with E-state index in [1.807, 2.05) is 0 Å². The van der Waals surface area contributed by atoms with Crippen LogP contribution in [0.4, 0.5) is 0 Å². The second kappa shape index (κ2) is 6.32. The highest BCUT2D eigenvalue weighted by Gasteiger charge is 2.17. The predicted molar refractivity (Wildman–Crippen MR) is 74.4 cm³/mol. The molecule has 16 heavy (non-hydrogen) atoms. The highest BCUT2D eigenvalue weighted by molar-refractivity contribution is 4.97. The van der Waals surface area contributed by atoms with Gasteiger partial charge >= 0.3 is 0 Å². The van der Waals surface area contributed by atoms with Crippen molar-refractivity contribution in [3.05, 3.63) is 12.3 Å². The summed E-state index contributed by atoms with van der Waals surface area (Å²) in [5.74, 6) is 1.48. The molecule has 0 aromatic heterocycles. The van der Waals surface area contributed by atoms with E-state index in [0.717, 1.165) is 12.3 Å². The molecule has 1 heteroatoms. The largest absolute Gasteiger partial charge is 0.386 e. The highest BCUT2D eigenvalue weighted by Crippen LogP contribution is 2.23. The van der Waals surface area contributed by atoms with Crippen molar-refractivity contribution in [2.24, 2.45) is 17.3 Å². The molecule has 1 N–H and O–H groups in total. The van der Waals surface area contributed by atoms with Crippen LogP contribution in [0, 0.1) is 17.3 Å². The molecule has 0 aliphatic carbocycles. The minimum atomic E-state index is 0.324. The van der Waals surface area contributed by atoms with Crippen LogP contribution >= 0.6 is 0 Å². The van der Waals surface area contributed by atoms with Crippen molar-refractivity contribution >= 4 is 0 Å². The molecule has 0 saturated carbocycles. The highest BCUT2D eigenvalue weighted by atomic mass is 14.9. The average Bonchev–Trinajstić information content (AvgIpc) is 1.98. The monoisotopic (exact) mass is 225 g/mol. The van der Waals surface area contributed by atoms with Gasteiger partial charge in [0.1, 0.15) is 0 Å². The molecule has 0 fully saturated rings. The second-order valence-electron chi connectivity index (χ2n) is 6.88. The quantitative estimate of drug-likeness (QED) is 0.697. The van der Waals surface area contributed by atoms with Crippen molar-refractivity contribution in [3.63, 3.8) is 0 Å². The fraction of sp³-hybridized carbons (Fsp3) is 0.867. The summed E-state index contributed by atoms with van der Waals surface area (Å²) in [6.45, 7) is 20.0. The number of hydrogen-bond acceptors (Lipinski definition) is 1. The maximum atomic E-state index is 4.13. The molecule has 0 saturated heterocycles.